The highest BCUT2D eigenvalue weighted by atomic mass is 16.5. The molecule has 0 spiro atoms. The van der Waals surface area contributed by atoms with Crippen molar-refractivity contribution >= 4 is 11.8 Å². The Balaban J connectivity index is 2.77. The molecule has 0 radical (unpaired) electrons. The number of piperazine rings is 1. The van der Waals surface area contributed by atoms with Crippen molar-refractivity contribution in [3.63, 3.8) is 0 Å². The Hall–Kier alpha value is -1.10. The Morgan fingerprint density at radius 3 is 2.38 bits per heavy atom. The Labute approximate surface area is 128 Å². The predicted molar refractivity (Wildman–Crippen MR) is 82.8 cm³/mol. The van der Waals surface area contributed by atoms with Crippen LogP contribution in [0.5, 0.6) is 0 Å². The van der Waals surface area contributed by atoms with Gasteiger partial charge in [0.1, 0.15) is 12.1 Å². The first-order valence-corrected chi connectivity index (χ1v) is 7.98. The molecule has 1 saturated heterocycles. The third kappa shape index (κ3) is 4.99. The fraction of sp³-hybridized carbons (Fsp3) is 0.875. The summed E-state index contributed by atoms with van der Waals surface area (Å²) in [6.45, 7) is 9.43. The normalized spacial score (nSPS) is 23.1. The number of ether oxygens (including phenoxy) is 1. The zero-order valence-corrected chi connectivity index (χ0v) is 14.0. The molecule has 2 unspecified atom stereocenters. The molecule has 2 amide bonds. The highest BCUT2D eigenvalue weighted by Gasteiger charge is 2.41. The number of rotatable bonds is 8. The first kappa shape index (κ1) is 18.0. The molecule has 1 heterocycles. The van der Waals surface area contributed by atoms with Crippen LogP contribution >= 0.6 is 0 Å². The molecule has 1 fully saturated rings. The summed E-state index contributed by atoms with van der Waals surface area (Å²) in [6, 6.07) is -0.710. The van der Waals surface area contributed by atoms with E-state index in [0.717, 1.165) is 12.8 Å². The monoisotopic (exact) mass is 298 g/mol. The summed E-state index contributed by atoms with van der Waals surface area (Å²) in [5, 5.41) is 2.91. The molecule has 1 rings (SSSR count). The van der Waals surface area contributed by atoms with Crippen LogP contribution in [0.1, 0.15) is 47.0 Å². The minimum atomic E-state index is -0.366. The van der Waals surface area contributed by atoms with Crippen molar-refractivity contribution in [3.05, 3.63) is 0 Å². The molecule has 21 heavy (non-hydrogen) atoms. The van der Waals surface area contributed by atoms with Gasteiger partial charge in [-0.1, -0.05) is 27.7 Å². The van der Waals surface area contributed by atoms with E-state index in [1.807, 2.05) is 13.8 Å². The molecule has 1 aliphatic rings. The number of carbonyl (C=O) groups excluding carboxylic acids is 2. The molecule has 122 valence electrons. The van der Waals surface area contributed by atoms with Gasteiger partial charge in [0.2, 0.25) is 11.8 Å². The van der Waals surface area contributed by atoms with Crippen molar-refractivity contribution in [1.82, 2.24) is 10.2 Å². The lowest BCUT2D eigenvalue weighted by molar-refractivity contribution is -0.151. The van der Waals surface area contributed by atoms with Gasteiger partial charge in [0.05, 0.1) is 0 Å². The Morgan fingerprint density at radius 1 is 1.19 bits per heavy atom. The van der Waals surface area contributed by atoms with Gasteiger partial charge >= 0.3 is 0 Å². The van der Waals surface area contributed by atoms with Gasteiger partial charge in [-0.05, 0) is 31.1 Å². The van der Waals surface area contributed by atoms with Gasteiger partial charge in [0.25, 0.3) is 0 Å². The zero-order valence-electron chi connectivity index (χ0n) is 14.0. The van der Waals surface area contributed by atoms with E-state index in [2.05, 4.69) is 19.2 Å². The van der Waals surface area contributed by atoms with Crippen molar-refractivity contribution in [3.8, 4) is 0 Å². The van der Waals surface area contributed by atoms with Crippen molar-refractivity contribution < 1.29 is 14.3 Å². The summed E-state index contributed by atoms with van der Waals surface area (Å²) in [6.07, 6.45) is 2.47. The fourth-order valence-corrected chi connectivity index (χ4v) is 2.87. The smallest absolute Gasteiger partial charge is 0.245 e. The first-order chi connectivity index (χ1) is 9.88. The van der Waals surface area contributed by atoms with Crippen LogP contribution < -0.4 is 5.32 Å². The SMILES string of the molecule is COCCCCN1C(=O)C(CC(C)C)NC(=O)C1C(C)C. The van der Waals surface area contributed by atoms with E-state index in [-0.39, 0.29) is 29.8 Å². The molecule has 5 heteroatoms. The summed E-state index contributed by atoms with van der Waals surface area (Å²) in [4.78, 5) is 26.8. The van der Waals surface area contributed by atoms with Gasteiger partial charge in [-0.2, -0.15) is 0 Å². The Bertz CT molecular complexity index is 355. The topological polar surface area (TPSA) is 58.6 Å². The van der Waals surface area contributed by atoms with Gasteiger partial charge in [-0.25, -0.2) is 0 Å². The molecular weight excluding hydrogens is 268 g/mol. The van der Waals surface area contributed by atoms with Crippen molar-refractivity contribution in [2.75, 3.05) is 20.3 Å². The van der Waals surface area contributed by atoms with E-state index < -0.39 is 0 Å². The number of carbonyl (C=O) groups is 2. The summed E-state index contributed by atoms with van der Waals surface area (Å²) >= 11 is 0. The van der Waals surface area contributed by atoms with Crippen molar-refractivity contribution in [2.24, 2.45) is 11.8 Å². The van der Waals surface area contributed by atoms with Crippen LogP contribution in [-0.4, -0.2) is 49.1 Å². The third-order valence-electron chi connectivity index (χ3n) is 3.84. The lowest BCUT2D eigenvalue weighted by Gasteiger charge is -2.41. The Morgan fingerprint density at radius 2 is 1.86 bits per heavy atom. The third-order valence-corrected chi connectivity index (χ3v) is 3.84. The van der Waals surface area contributed by atoms with Crippen LogP contribution in [0.2, 0.25) is 0 Å². The maximum absolute atomic E-state index is 12.7. The summed E-state index contributed by atoms with van der Waals surface area (Å²) in [5.41, 5.74) is 0. The molecule has 1 N–H and O–H groups in total. The van der Waals surface area contributed by atoms with Crippen LogP contribution in [-0.2, 0) is 14.3 Å². The number of hydrogen-bond acceptors (Lipinski definition) is 3. The molecule has 1 aliphatic heterocycles. The molecule has 0 saturated carbocycles. The number of nitrogens with one attached hydrogen (secondary N) is 1. The van der Waals surface area contributed by atoms with E-state index in [1.54, 1.807) is 12.0 Å². The molecular formula is C16H30N2O3. The van der Waals surface area contributed by atoms with Gasteiger partial charge in [-0.3, -0.25) is 9.59 Å². The first-order valence-electron chi connectivity index (χ1n) is 7.98. The molecule has 2 atom stereocenters. The van der Waals surface area contributed by atoms with Crippen LogP contribution in [0.4, 0.5) is 0 Å². The number of methoxy groups -OCH3 is 1. The highest BCUT2D eigenvalue weighted by molar-refractivity contribution is 5.97. The molecule has 0 aliphatic carbocycles. The van der Waals surface area contributed by atoms with E-state index in [4.69, 9.17) is 4.74 Å². The second kappa shape index (κ2) is 8.37. The van der Waals surface area contributed by atoms with Gasteiger partial charge in [0.15, 0.2) is 0 Å². The van der Waals surface area contributed by atoms with E-state index in [9.17, 15) is 9.59 Å². The second-order valence-corrected chi connectivity index (χ2v) is 6.61. The number of amides is 2. The number of hydrogen-bond donors (Lipinski definition) is 1. The quantitative estimate of drug-likeness (QED) is 0.695. The lowest BCUT2D eigenvalue weighted by atomic mass is 9.93. The van der Waals surface area contributed by atoms with Crippen LogP contribution in [0.25, 0.3) is 0 Å². The standard InChI is InChI=1S/C16H30N2O3/c1-11(2)10-13-16(20)18(8-6-7-9-21-5)14(12(3)4)15(19)17-13/h11-14H,6-10H2,1-5H3,(H,17,19). The lowest BCUT2D eigenvalue weighted by Crippen LogP contribution is -2.65. The van der Waals surface area contributed by atoms with Crippen molar-refractivity contribution in [1.29, 1.82) is 0 Å². The minimum absolute atomic E-state index is 0.0120. The average Bonchev–Trinajstić information content (AvgIpc) is 2.38. The summed E-state index contributed by atoms with van der Waals surface area (Å²) in [5.74, 6) is 0.558. The second-order valence-electron chi connectivity index (χ2n) is 6.61. The minimum Gasteiger partial charge on any atom is -0.385 e. The summed E-state index contributed by atoms with van der Waals surface area (Å²) < 4.78 is 5.04. The van der Waals surface area contributed by atoms with Gasteiger partial charge < -0.3 is 15.0 Å². The van der Waals surface area contributed by atoms with Crippen LogP contribution in [0.3, 0.4) is 0 Å². The van der Waals surface area contributed by atoms with Crippen molar-refractivity contribution in [2.45, 2.75) is 59.0 Å². The van der Waals surface area contributed by atoms with Gasteiger partial charge in [0, 0.05) is 20.3 Å². The Kier molecular flexibility index (Phi) is 7.15. The average molecular weight is 298 g/mol. The predicted octanol–water partition coefficient (Wildman–Crippen LogP) is 1.81. The molecule has 0 aromatic heterocycles. The van der Waals surface area contributed by atoms with E-state index in [1.165, 1.54) is 0 Å². The fourth-order valence-electron chi connectivity index (χ4n) is 2.87. The van der Waals surface area contributed by atoms with Crippen LogP contribution in [0.15, 0.2) is 0 Å². The van der Waals surface area contributed by atoms with E-state index in [0.29, 0.717) is 25.5 Å². The highest BCUT2D eigenvalue weighted by Crippen LogP contribution is 2.21. The maximum atomic E-state index is 12.7. The number of unbranched alkanes of at least 4 members (excludes halogenated alkanes) is 1. The molecule has 0 bridgehead atoms. The molecule has 5 nitrogen and oxygen atoms in total. The largest absolute Gasteiger partial charge is 0.385 e. The molecule has 0 aromatic carbocycles. The summed E-state index contributed by atoms with van der Waals surface area (Å²) in [7, 11) is 1.68. The molecule has 0 aromatic rings. The maximum Gasteiger partial charge on any atom is 0.245 e. The van der Waals surface area contributed by atoms with E-state index >= 15 is 0 Å². The van der Waals surface area contributed by atoms with Crippen LogP contribution in [0, 0.1) is 11.8 Å². The van der Waals surface area contributed by atoms with Gasteiger partial charge in [-0.15, -0.1) is 0 Å². The zero-order chi connectivity index (χ0) is 16.0. The number of nitrogens with zero attached hydrogens (tertiary/aromatic N) is 1.